The van der Waals surface area contributed by atoms with Crippen molar-refractivity contribution in [2.75, 3.05) is 0 Å². The van der Waals surface area contributed by atoms with Crippen LogP contribution in [0, 0.1) is 0 Å². The van der Waals surface area contributed by atoms with Crippen LogP contribution in [0.4, 0.5) is 0 Å². The number of hydrogen-bond donors (Lipinski definition) is 0. The third-order valence-electron chi connectivity index (χ3n) is 7.38. The molecule has 0 bridgehead atoms. The lowest BCUT2D eigenvalue weighted by molar-refractivity contribution is 0.0442. The average molecular weight is 731 g/mol. The summed E-state index contributed by atoms with van der Waals surface area (Å²) >= 11 is 10.0. The maximum atomic E-state index is 11.9. The van der Waals surface area contributed by atoms with Crippen LogP contribution in [0.15, 0.2) is 68.0 Å². The molecule has 0 aromatic heterocycles. The molecule has 3 heterocycles. The van der Waals surface area contributed by atoms with E-state index in [0.29, 0.717) is 22.3 Å². The number of fused-ring (bicyclic) bond motifs is 3. The molecule has 2 fully saturated rings. The van der Waals surface area contributed by atoms with E-state index in [4.69, 9.17) is 0 Å². The number of carbonyl (C=O) groups is 4. The highest BCUT2D eigenvalue weighted by Crippen LogP contribution is 2.36. The summed E-state index contributed by atoms with van der Waals surface area (Å²) in [4.78, 5) is 49.7. The maximum Gasteiger partial charge on any atom is 0.346 e. The first-order chi connectivity index (χ1) is 19.2. The summed E-state index contributed by atoms with van der Waals surface area (Å²) in [6.45, 7) is 2.34. The first-order valence-electron chi connectivity index (χ1n) is 12.9. The number of hydrogen-bond acceptors (Lipinski definition) is 6. The number of carbonyl (C=O) groups excluding carboxylic acids is 4. The Kier molecular flexibility index (Phi) is 7.54. The molecule has 2 amide bonds. The van der Waals surface area contributed by atoms with Crippen LogP contribution < -0.4 is 0 Å². The largest absolute Gasteiger partial charge is 0.386 e. The van der Waals surface area contributed by atoms with Crippen LogP contribution in [0.25, 0.3) is 0 Å². The number of ether oxygens (including phenoxy) is 1. The fourth-order valence-corrected chi connectivity index (χ4v) is 6.17. The van der Waals surface area contributed by atoms with Crippen LogP contribution in [-0.4, -0.2) is 45.6 Å². The highest BCUT2D eigenvalue weighted by atomic mass is 79.9. The summed E-state index contributed by atoms with van der Waals surface area (Å²) in [7, 11) is 0. The van der Waals surface area contributed by atoms with Crippen molar-refractivity contribution in [1.29, 1.82) is 0 Å². The molecule has 2 aliphatic carbocycles. The molecule has 8 rings (SSSR count). The van der Waals surface area contributed by atoms with Gasteiger partial charge in [-0.1, -0.05) is 53.9 Å². The lowest BCUT2D eigenvalue weighted by Gasteiger charge is -2.11. The van der Waals surface area contributed by atoms with E-state index in [1.807, 2.05) is 0 Å². The SMILES string of the molecule is Brc1ccc2c(c1)CN(C1CC1)C2.O=C1OC(=O)c2cc(Br)ccc21.O=C1c2ccc(Br)cc2C(=O)N1C1CC1. The quantitative estimate of drug-likeness (QED) is 0.162. The minimum absolute atomic E-state index is 0.134. The molecule has 10 heteroatoms. The first kappa shape index (κ1) is 27.5. The van der Waals surface area contributed by atoms with Gasteiger partial charge < -0.3 is 4.74 Å². The minimum Gasteiger partial charge on any atom is -0.386 e. The van der Waals surface area contributed by atoms with Crippen LogP contribution in [0.2, 0.25) is 0 Å². The fraction of sp³-hybridized carbons (Fsp3) is 0.267. The zero-order valence-corrected chi connectivity index (χ0v) is 25.9. The van der Waals surface area contributed by atoms with Gasteiger partial charge in [-0.25, -0.2) is 9.59 Å². The average Bonchev–Trinajstić information content (AvgIpc) is 3.85. The van der Waals surface area contributed by atoms with Gasteiger partial charge in [-0.3, -0.25) is 19.4 Å². The summed E-state index contributed by atoms with van der Waals surface area (Å²) < 4.78 is 7.19. The predicted octanol–water partition coefficient (Wildman–Crippen LogP) is 6.89. The number of amides is 2. The summed E-state index contributed by atoms with van der Waals surface area (Å²) in [5.74, 6) is -1.41. The Hall–Kier alpha value is -2.66. The van der Waals surface area contributed by atoms with E-state index in [1.165, 1.54) is 46.4 Å². The van der Waals surface area contributed by atoms with Crippen LogP contribution in [0.3, 0.4) is 0 Å². The summed E-state index contributed by atoms with van der Waals surface area (Å²) in [5, 5.41) is 0. The van der Waals surface area contributed by atoms with Gasteiger partial charge in [0.15, 0.2) is 0 Å². The van der Waals surface area contributed by atoms with Crippen LogP contribution in [0.5, 0.6) is 0 Å². The third kappa shape index (κ3) is 5.59. The molecular formula is C30H23Br3N2O5. The zero-order valence-electron chi connectivity index (χ0n) is 21.2. The van der Waals surface area contributed by atoms with Gasteiger partial charge in [0.1, 0.15) is 0 Å². The monoisotopic (exact) mass is 728 g/mol. The predicted molar refractivity (Wildman–Crippen MR) is 158 cm³/mol. The molecule has 40 heavy (non-hydrogen) atoms. The highest BCUT2D eigenvalue weighted by molar-refractivity contribution is 9.11. The number of halogens is 3. The second-order valence-corrected chi connectivity index (χ2v) is 13.1. The Labute approximate surface area is 256 Å². The summed E-state index contributed by atoms with van der Waals surface area (Å²) in [5.41, 5.74) is 4.77. The first-order valence-corrected chi connectivity index (χ1v) is 15.3. The highest BCUT2D eigenvalue weighted by Gasteiger charge is 2.44. The van der Waals surface area contributed by atoms with E-state index in [0.717, 1.165) is 27.8 Å². The van der Waals surface area contributed by atoms with Gasteiger partial charge in [-0.2, -0.15) is 0 Å². The van der Waals surface area contributed by atoms with Gasteiger partial charge >= 0.3 is 11.9 Å². The molecule has 3 aromatic carbocycles. The van der Waals surface area contributed by atoms with Crippen molar-refractivity contribution in [3.8, 4) is 0 Å². The molecule has 7 nitrogen and oxygen atoms in total. The van der Waals surface area contributed by atoms with Gasteiger partial charge in [0, 0.05) is 38.6 Å². The molecule has 0 unspecified atom stereocenters. The summed E-state index contributed by atoms with van der Waals surface area (Å²) in [6.07, 6.45) is 4.73. The van der Waals surface area contributed by atoms with E-state index in [2.05, 4.69) is 75.6 Å². The van der Waals surface area contributed by atoms with Gasteiger partial charge in [-0.15, -0.1) is 0 Å². The number of cyclic esters (lactones) is 2. The Morgan fingerprint density at radius 2 is 1.10 bits per heavy atom. The molecule has 0 radical (unpaired) electrons. The van der Waals surface area contributed by atoms with Crippen LogP contribution >= 0.6 is 47.8 Å². The van der Waals surface area contributed by atoms with E-state index in [-0.39, 0.29) is 17.9 Å². The third-order valence-corrected chi connectivity index (χ3v) is 8.86. The van der Waals surface area contributed by atoms with Gasteiger partial charge in [-0.05, 0) is 85.3 Å². The molecule has 0 N–H and O–H groups in total. The smallest absolute Gasteiger partial charge is 0.346 e. The Balaban J connectivity index is 0.000000109. The topological polar surface area (TPSA) is 84.0 Å². The van der Waals surface area contributed by atoms with E-state index >= 15 is 0 Å². The van der Waals surface area contributed by atoms with Gasteiger partial charge in [0.05, 0.1) is 22.3 Å². The van der Waals surface area contributed by atoms with Crippen LogP contribution in [-0.2, 0) is 17.8 Å². The van der Waals surface area contributed by atoms with Gasteiger partial charge in [0.2, 0.25) is 0 Å². The van der Waals surface area contributed by atoms with Crippen molar-refractivity contribution in [1.82, 2.24) is 9.80 Å². The number of rotatable bonds is 2. The molecule has 0 saturated heterocycles. The molecule has 2 saturated carbocycles. The lowest BCUT2D eigenvalue weighted by Crippen LogP contribution is -2.31. The molecule has 5 aliphatic rings. The van der Waals surface area contributed by atoms with Crippen molar-refractivity contribution in [3.63, 3.8) is 0 Å². The lowest BCUT2D eigenvalue weighted by atomic mass is 10.1. The molecule has 0 atom stereocenters. The summed E-state index contributed by atoms with van der Waals surface area (Å²) in [6, 6.07) is 17.8. The van der Waals surface area contributed by atoms with E-state index < -0.39 is 11.9 Å². The minimum atomic E-state index is -0.573. The number of nitrogens with zero attached hydrogens (tertiary/aromatic N) is 2. The standard InChI is InChI=1S/C11H8BrNO2.C11H12BrN.C8H3BrO3/c12-6-1-4-8-9(5-6)11(15)13(10(8)14)7-2-3-7;12-10-2-1-8-6-13(11-3-4-11)7-9(8)5-10;9-4-1-2-5-6(3-4)8(11)12-7(5)10/h1,4-5,7H,2-3H2;1-2,5,11H,3-4,6-7H2;1-3H. The van der Waals surface area contributed by atoms with Crippen molar-refractivity contribution < 1.29 is 23.9 Å². The van der Waals surface area contributed by atoms with Gasteiger partial charge in [0.25, 0.3) is 11.8 Å². The van der Waals surface area contributed by atoms with Crippen molar-refractivity contribution in [2.45, 2.75) is 50.9 Å². The second kappa shape index (κ2) is 11.0. The molecular weight excluding hydrogens is 708 g/mol. The van der Waals surface area contributed by atoms with Crippen molar-refractivity contribution in [3.05, 3.63) is 101 Å². The number of benzene rings is 3. The van der Waals surface area contributed by atoms with E-state index in [9.17, 15) is 19.2 Å². The molecule has 0 spiro atoms. The zero-order chi connectivity index (χ0) is 28.1. The fourth-order valence-electron chi connectivity index (χ4n) is 5.04. The van der Waals surface area contributed by atoms with Crippen LogP contribution in [0.1, 0.15) is 78.2 Å². The van der Waals surface area contributed by atoms with Crippen molar-refractivity contribution >= 4 is 71.5 Å². The van der Waals surface area contributed by atoms with Crippen molar-refractivity contribution in [2.24, 2.45) is 0 Å². The molecule has 3 aromatic rings. The molecule has 204 valence electrons. The molecule has 3 aliphatic heterocycles. The second-order valence-electron chi connectivity index (χ2n) is 10.3. The maximum absolute atomic E-state index is 11.9. The Morgan fingerprint density at radius 1 is 0.575 bits per heavy atom. The Morgan fingerprint density at radius 3 is 1.77 bits per heavy atom. The normalized spacial score (nSPS) is 18.8. The Bertz CT molecular complexity index is 1580. The van der Waals surface area contributed by atoms with E-state index in [1.54, 1.807) is 36.4 Å². The number of esters is 2. The number of imide groups is 1.